The molecule has 1 fully saturated rings. The minimum atomic E-state index is -0.207. The van der Waals surface area contributed by atoms with Crippen LogP contribution >= 0.6 is 0 Å². The van der Waals surface area contributed by atoms with Gasteiger partial charge in [-0.1, -0.05) is 6.07 Å². The molecule has 5 nitrogen and oxygen atoms in total. The number of piperidine rings is 1. The highest BCUT2D eigenvalue weighted by Crippen LogP contribution is 2.24. The molecule has 0 radical (unpaired) electrons. The van der Waals surface area contributed by atoms with Crippen molar-refractivity contribution in [2.24, 2.45) is 5.92 Å². The lowest BCUT2D eigenvalue weighted by atomic mass is 9.92. The van der Waals surface area contributed by atoms with Crippen molar-refractivity contribution in [2.75, 3.05) is 18.8 Å². The van der Waals surface area contributed by atoms with Crippen LogP contribution in [0.15, 0.2) is 22.6 Å². The summed E-state index contributed by atoms with van der Waals surface area (Å²) >= 11 is 0. The van der Waals surface area contributed by atoms with E-state index in [-0.39, 0.29) is 6.10 Å². The zero-order chi connectivity index (χ0) is 14.1. The van der Waals surface area contributed by atoms with Gasteiger partial charge in [0.1, 0.15) is 5.52 Å². The molecule has 1 saturated heterocycles. The van der Waals surface area contributed by atoms with Gasteiger partial charge in [0.25, 0.3) is 0 Å². The van der Waals surface area contributed by atoms with Gasteiger partial charge in [-0.2, -0.15) is 0 Å². The lowest BCUT2D eigenvalue weighted by Gasteiger charge is -2.32. The second-order valence-electron chi connectivity index (χ2n) is 5.66. The van der Waals surface area contributed by atoms with Gasteiger partial charge in [-0.25, -0.2) is 4.98 Å². The van der Waals surface area contributed by atoms with Crippen molar-refractivity contribution in [1.82, 2.24) is 9.88 Å². The number of hydrogen-bond donors (Lipinski definition) is 2. The lowest BCUT2D eigenvalue weighted by Crippen LogP contribution is -2.36. The first-order valence-electron chi connectivity index (χ1n) is 7.18. The molecule has 5 heteroatoms. The lowest BCUT2D eigenvalue weighted by molar-refractivity contribution is 0.0669. The molecular formula is C15H21N3O2. The second-order valence-corrected chi connectivity index (χ2v) is 5.66. The van der Waals surface area contributed by atoms with Crippen LogP contribution in [0.4, 0.5) is 5.69 Å². The van der Waals surface area contributed by atoms with Crippen LogP contribution in [0.3, 0.4) is 0 Å². The van der Waals surface area contributed by atoms with Gasteiger partial charge in [0.2, 0.25) is 5.89 Å². The molecule has 0 bridgehead atoms. The Hall–Kier alpha value is -1.59. The fraction of sp³-hybridized carbons (Fsp3) is 0.533. The monoisotopic (exact) mass is 275 g/mol. The SMILES string of the molecule is CC(O)C1CCN(Cc2nc3c(N)cccc3o2)CC1. The van der Waals surface area contributed by atoms with Crippen molar-refractivity contribution >= 4 is 16.8 Å². The van der Waals surface area contributed by atoms with Gasteiger partial charge in [0.15, 0.2) is 5.58 Å². The summed E-state index contributed by atoms with van der Waals surface area (Å²) in [6.45, 7) is 4.54. The summed E-state index contributed by atoms with van der Waals surface area (Å²) in [5, 5.41) is 9.62. The summed E-state index contributed by atoms with van der Waals surface area (Å²) < 4.78 is 5.74. The third-order valence-corrected chi connectivity index (χ3v) is 4.17. The summed E-state index contributed by atoms with van der Waals surface area (Å²) in [5.41, 5.74) is 8.05. The van der Waals surface area contributed by atoms with Gasteiger partial charge in [-0.15, -0.1) is 0 Å². The molecule has 1 aliphatic rings. The molecule has 2 aromatic rings. The molecule has 0 amide bonds. The molecular weight excluding hydrogens is 254 g/mol. The summed E-state index contributed by atoms with van der Waals surface area (Å²) in [6, 6.07) is 5.60. The van der Waals surface area contributed by atoms with Gasteiger partial charge in [-0.05, 0) is 50.9 Å². The second kappa shape index (κ2) is 5.42. The fourth-order valence-electron chi connectivity index (χ4n) is 2.87. The van der Waals surface area contributed by atoms with E-state index in [1.807, 2.05) is 25.1 Å². The Morgan fingerprint density at radius 2 is 2.20 bits per heavy atom. The number of oxazole rings is 1. The minimum absolute atomic E-state index is 0.207. The van der Waals surface area contributed by atoms with Crippen molar-refractivity contribution in [1.29, 1.82) is 0 Å². The molecule has 0 saturated carbocycles. The highest BCUT2D eigenvalue weighted by molar-refractivity contribution is 5.85. The molecule has 3 N–H and O–H groups in total. The smallest absolute Gasteiger partial charge is 0.209 e. The quantitative estimate of drug-likeness (QED) is 0.838. The van der Waals surface area contributed by atoms with Crippen LogP contribution in [0.5, 0.6) is 0 Å². The Bertz CT molecular complexity index is 586. The van der Waals surface area contributed by atoms with Crippen molar-refractivity contribution < 1.29 is 9.52 Å². The number of nitrogens with two attached hydrogens (primary N) is 1. The first-order valence-corrected chi connectivity index (χ1v) is 7.18. The largest absolute Gasteiger partial charge is 0.439 e. The average Bonchev–Trinajstić information content (AvgIpc) is 2.83. The number of para-hydroxylation sites is 1. The Labute approximate surface area is 118 Å². The predicted octanol–water partition coefficient (Wildman–Crippen LogP) is 2.00. The maximum absolute atomic E-state index is 9.62. The van der Waals surface area contributed by atoms with Gasteiger partial charge in [0.05, 0.1) is 18.3 Å². The number of likely N-dealkylation sites (tertiary alicyclic amines) is 1. The maximum atomic E-state index is 9.62. The van der Waals surface area contributed by atoms with Crippen molar-refractivity contribution in [2.45, 2.75) is 32.4 Å². The van der Waals surface area contributed by atoms with Crippen LogP contribution in [0.25, 0.3) is 11.1 Å². The molecule has 1 aromatic heterocycles. The van der Waals surface area contributed by atoms with Gasteiger partial charge < -0.3 is 15.3 Å². The number of benzene rings is 1. The Morgan fingerprint density at radius 3 is 2.85 bits per heavy atom. The first kappa shape index (κ1) is 13.4. The fourth-order valence-corrected chi connectivity index (χ4v) is 2.87. The normalized spacial score (nSPS) is 19.5. The Kier molecular flexibility index (Phi) is 3.63. The summed E-state index contributed by atoms with van der Waals surface area (Å²) in [4.78, 5) is 6.80. The zero-order valence-electron chi connectivity index (χ0n) is 11.7. The highest BCUT2D eigenvalue weighted by atomic mass is 16.3. The van der Waals surface area contributed by atoms with Crippen molar-refractivity contribution in [3.8, 4) is 0 Å². The van der Waals surface area contributed by atoms with Gasteiger partial charge >= 0.3 is 0 Å². The number of aliphatic hydroxyl groups excluding tert-OH is 1. The molecule has 3 rings (SSSR count). The zero-order valence-corrected chi connectivity index (χ0v) is 11.7. The number of aromatic nitrogens is 1. The Balaban J connectivity index is 1.67. The van der Waals surface area contributed by atoms with Gasteiger partial charge in [-0.3, -0.25) is 4.90 Å². The van der Waals surface area contributed by atoms with Crippen LogP contribution in [-0.4, -0.2) is 34.2 Å². The molecule has 0 aliphatic carbocycles. The average molecular weight is 275 g/mol. The van der Waals surface area contributed by atoms with Crippen LogP contribution in [0.2, 0.25) is 0 Å². The standard InChI is InChI=1S/C15H21N3O2/c1-10(19)11-5-7-18(8-6-11)9-14-17-15-12(16)3-2-4-13(15)20-14/h2-4,10-11,19H,5-9,16H2,1H3. The van der Waals surface area contributed by atoms with Crippen LogP contribution in [-0.2, 0) is 6.54 Å². The van der Waals surface area contributed by atoms with Crippen LogP contribution in [0.1, 0.15) is 25.7 Å². The number of nitrogen functional groups attached to an aromatic ring is 1. The molecule has 1 aromatic carbocycles. The Morgan fingerprint density at radius 1 is 1.45 bits per heavy atom. The van der Waals surface area contributed by atoms with Gasteiger partial charge in [0, 0.05) is 0 Å². The summed E-state index contributed by atoms with van der Waals surface area (Å²) in [6.07, 6.45) is 1.85. The topological polar surface area (TPSA) is 75.5 Å². The van der Waals surface area contributed by atoms with Crippen molar-refractivity contribution in [3.05, 3.63) is 24.1 Å². The number of nitrogens with zero attached hydrogens (tertiary/aromatic N) is 2. The molecule has 0 spiro atoms. The third kappa shape index (κ3) is 2.64. The predicted molar refractivity (Wildman–Crippen MR) is 78.1 cm³/mol. The number of aliphatic hydroxyl groups is 1. The summed E-state index contributed by atoms with van der Waals surface area (Å²) in [7, 11) is 0. The van der Waals surface area contributed by atoms with E-state index in [9.17, 15) is 5.11 Å². The van der Waals surface area contributed by atoms with Crippen molar-refractivity contribution in [3.63, 3.8) is 0 Å². The molecule has 1 aliphatic heterocycles. The molecule has 2 heterocycles. The van der Waals surface area contributed by atoms with E-state index < -0.39 is 0 Å². The third-order valence-electron chi connectivity index (χ3n) is 4.17. The van der Waals surface area contributed by atoms with E-state index in [1.54, 1.807) is 0 Å². The maximum Gasteiger partial charge on any atom is 0.209 e. The van der Waals surface area contributed by atoms with Crippen LogP contribution < -0.4 is 5.73 Å². The van der Waals surface area contributed by atoms with E-state index in [4.69, 9.17) is 10.2 Å². The van der Waals surface area contributed by atoms with E-state index >= 15 is 0 Å². The van der Waals surface area contributed by atoms with E-state index in [1.165, 1.54) is 0 Å². The van der Waals surface area contributed by atoms with E-state index in [2.05, 4.69) is 9.88 Å². The first-order chi connectivity index (χ1) is 9.63. The molecule has 1 unspecified atom stereocenters. The highest BCUT2D eigenvalue weighted by Gasteiger charge is 2.23. The van der Waals surface area contributed by atoms with Crippen LogP contribution in [0, 0.1) is 5.92 Å². The molecule has 108 valence electrons. The minimum Gasteiger partial charge on any atom is -0.439 e. The molecule has 20 heavy (non-hydrogen) atoms. The number of anilines is 1. The van der Waals surface area contributed by atoms with E-state index in [0.717, 1.165) is 37.0 Å². The number of hydrogen-bond acceptors (Lipinski definition) is 5. The number of fused-ring (bicyclic) bond motifs is 1. The van der Waals surface area contributed by atoms with E-state index in [0.29, 0.717) is 24.0 Å². The number of rotatable bonds is 3. The summed E-state index contributed by atoms with van der Waals surface area (Å²) in [5.74, 6) is 1.14. The molecule has 1 atom stereocenters.